The predicted octanol–water partition coefficient (Wildman–Crippen LogP) is 5.10. The number of Topliss-reactive ketones (excluding diaryl/α,β-unsaturated/α-hetero) is 1. The topological polar surface area (TPSA) is 57.2 Å². The van der Waals surface area contributed by atoms with Crippen molar-refractivity contribution in [2.24, 2.45) is 0 Å². The molecule has 0 aliphatic rings. The molecule has 0 aliphatic heterocycles. The Labute approximate surface area is 159 Å². The summed E-state index contributed by atoms with van der Waals surface area (Å²) in [6.07, 6.45) is 3.01. The highest BCUT2D eigenvalue weighted by molar-refractivity contribution is 6.12. The average Bonchev–Trinajstić information content (AvgIpc) is 3.26. The summed E-state index contributed by atoms with van der Waals surface area (Å²) >= 11 is 0. The van der Waals surface area contributed by atoms with Gasteiger partial charge in [0.25, 0.3) is 0 Å². The molecule has 3 aromatic rings. The fraction of sp³-hybridized carbons (Fsp3) is 0.130. The van der Waals surface area contributed by atoms with Gasteiger partial charge in [0.05, 0.1) is 6.26 Å². The molecule has 27 heavy (non-hydrogen) atoms. The van der Waals surface area contributed by atoms with E-state index in [1.165, 1.54) is 11.8 Å². The van der Waals surface area contributed by atoms with Crippen molar-refractivity contribution in [1.82, 2.24) is 0 Å². The van der Waals surface area contributed by atoms with Crippen LogP contribution in [-0.2, 0) is 6.54 Å². The van der Waals surface area contributed by atoms with Gasteiger partial charge in [-0.15, -0.1) is 0 Å². The number of nitriles is 1. The van der Waals surface area contributed by atoms with Crippen LogP contribution in [0.3, 0.4) is 0 Å². The molecule has 1 aromatic heterocycles. The molecule has 0 aliphatic carbocycles. The van der Waals surface area contributed by atoms with Crippen LogP contribution in [0.5, 0.6) is 0 Å². The monoisotopic (exact) mass is 356 g/mol. The Kier molecular flexibility index (Phi) is 5.86. The zero-order chi connectivity index (χ0) is 19.1. The third kappa shape index (κ3) is 4.53. The third-order valence-electron chi connectivity index (χ3n) is 4.28. The van der Waals surface area contributed by atoms with E-state index < -0.39 is 5.78 Å². The highest BCUT2D eigenvalue weighted by Crippen LogP contribution is 2.20. The highest BCUT2D eigenvalue weighted by atomic mass is 16.3. The number of carbonyl (C=O) groups is 1. The molecule has 0 radical (unpaired) electrons. The van der Waals surface area contributed by atoms with Gasteiger partial charge in [0.2, 0.25) is 5.78 Å². The van der Waals surface area contributed by atoms with Crippen molar-refractivity contribution in [3.05, 3.63) is 95.5 Å². The largest absolute Gasteiger partial charge is 0.461 e. The van der Waals surface area contributed by atoms with E-state index in [9.17, 15) is 10.1 Å². The zero-order valence-electron chi connectivity index (χ0n) is 15.1. The minimum atomic E-state index is -0.411. The highest BCUT2D eigenvalue weighted by Gasteiger charge is 2.14. The van der Waals surface area contributed by atoms with Crippen LogP contribution in [0.15, 0.2) is 83.0 Å². The lowest BCUT2D eigenvalue weighted by molar-refractivity contribution is 0.101. The van der Waals surface area contributed by atoms with Gasteiger partial charge in [-0.05, 0) is 48.4 Å². The van der Waals surface area contributed by atoms with Crippen LogP contribution in [0.4, 0.5) is 5.69 Å². The van der Waals surface area contributed by atoms with Crippen LogP contribution in [0, 0.1) is 11.3 Å². The number of anilines is 1. The predicted molar refractivity (Wildman–Crippen MR) is 106 cm³/mol. The Hall–Kier alpha value is -3.58. The van der Waals surface area contributed by atoms with Crippen molar-refractivity contribution in [3.63, 3.8) is 0 Å². The molecule has 1 heterocycles. The molecule has 0 saturated heterocycles. The Morgan fingerprint density at radius 2 is 1.81 bits per heavy atom. The molecule has 4 heteroatoms. The summed E-state index contributed by atoms with van der Waals surface area (Å²) in [5.74, 6) is -0.245. The van der Waals surface area contributed by atoms with Gasteiger partial charge in [-0.1, -0.05) is 42.5 Å². The van der Waals surface area contributed by atoms with Crippen molar-refractivity contribution in [3.8, 4) is 6.07 Å². The molecule has 3 rings (SSSR count). The SMILES string of the molecule is CCN(Cc1ccccc1)c1ccc(/C=C(\C#N)C(=O)c2ccco2)cc1. The van der Waals surface area contributed by atoms with Gasteiger partial charge < -0.3 is 9.32 Å². The van der Waals surface area contributed by atoms with Gasteiger partial charge in [-0.2, -0.15) is 5.26 Å². The lowest BCUT2D eigenvalue weighted by Crippen LogP contribution is -2.21. The lowest BCUT2D eigenvalue weighted by atomic mass is 10.1. The van der Waals surface area contributed by atoms with Gasteiger partial charge >= 0.3 is 0 Å². The van der Waals surface area contributed by atoms with Gasteiger partial charge in [-0.3, -0.25) is 4.79 Å². The molecule has 2 aromatic carbocycles. The maximum atomic E-state index is 12.3. The van der Waals surface area contributed by atoms with E-state index in [2.05, 4.69) is 24.0 Å². The third-order valence-corrected chi connectivity index (χ3v) is 4.28. The molecule has 0 N–H and O–H groups in total. The van der Waals surface area contributed by atoms with Crippen LogP contribution in [0.1, 0.15) is 28.6 Å². The fourth-order valence-corrected chi connectivity index (χ4v) is 2.83. The number of ketones is 1. The van der Waals surface area contributed by atoms with Gasteiger partial charge in [0, 0.05) is 18.8 Å². The van der Waals surface area contributed by atoms with Crippen LogP contribution in [-0.4, -0.2) is 12.3 Å². The number of hydrogen-bond acceptors (Lipinski definition) is 4. The quantitative estimate of drug-likeness (QED) is 0.336. The zero-order valence-corrected chi connectivity index (χ0v) is 15.1. The van der Waals surface area contributed by atoms with E-state index in [4.69, 9.17) is 4.42 Å². The first-order valence-electron chi connectivity index (χ1n) is 8.80. The molecule has 134 valence electrons. The smallest absolute Gasteiger partial charge is 0.238 e. The second-order valence-corrected chi connectivity index (χ2v) is 6.07. The Bertz CT molecular complexity index is 950. The summed E-state index contributed by atoms with van der Waals surface area (Å²) < 4.78 is 5.09. The molecule has 0 atom stereocenters. The van der Waals surface area contributed by atoms with E-state index in [0.29, 0.717) is 0 Å². The van der Waals surface area contributed by atoms with Crippen molar-refractivity contribution >= 4 is 17.5 Å². The standard InChI is InChI=1S/C23H20N2O2/c1-2-25(17-19-7-4-3-5-8-19)21-12-10-18(11-13-21)15-20(16-24)23(26)22-9-6-14-27-22/h3-15H,2,17H2,1H3/b20-15+. The fourth-order valence-electron chi connectivity index (χ4n) is 2.83. The van der Waals surface area contributed by atoms with Gasteiger partial charge in [0.1, 0.15) is 11.6 Å². The van der Waals surface area contributed by atoms with E-state index >= 15 is 0 Å². The van der Waals surface area contributed by atoms with E-state index in [1.807, 2.05) is 48.5 Å². The number of benzene rings is 2. The molecule has 4 nitrogen and oxygen atoms in total. The van der Waals surface area contributed by atoms with Gasteiger partial charge in [-0.25, -0.2) is 0 Å². The van der Waals surface area contributed by atoms with Crippen molar-refractivity contribution in [2.75, 3.05) is 11.4 Å². The molecular weight excluding hydrogens is 336 g/mol. The summed E-state index contributed by atoms with van der Waals surface area (Å²) in [4.78, 5) is 14.5. The second kappa shape index (κ2) is 8.68. The van der Waals surface area contributed by atoms with Crippen LogP contribution in [0.25, 0.3) is 6.08 Å². The van der Waals surface area contributed by atoms with E-state index in [1.54, 1.807) is 18.2 Å². The normalized spacial score (nSPS) is 11.0. The molecular formula is C23H20N2O2. The Morgan fingerprint density at radius 3 is 2.41 bits per heavy atom. The van der Waals surface area contributed by atoms with E-state index in [0.717, 1.165) is 24.3 Å². The molecule has 0 amide bonds. The Balaban J connectivity index is 1.77. The maximum absolute atomic E-state index is 12.3. The maximum Gasteiger partial charge on any atom is 0.238 e. The average molecular weight is 356 g/mol. The van der Waals surface area contributed by atoms with Crippen molar-refractivity contribution < 1.29 is 9.21 Å². The van der Waals surface area contributed by atoms with Crippen molar-refractivity contribution in [2.45, 2.75) is 13.5 Å². The van der Waals surface area contributed by atoms with E-state index in [-0.39, 0.29) is 11.3 Å². The minimum absolute atomic E-state index is 0.0503. The summed E-state index contributed by atoms with van der Waals surface area (Å²) in [6, 6.07) is 23.3. The molecule has 0 spiro atoms. The molecule has 0 fully saturated rings. The number of carbonyl (C=O) groups excluding carboxylic acids is 1. The number of hydrogen-bond donors (Lipinski definition) is 0. The number of furan rings is 1. The lowest BCUT2D eigenvalue weighted by Gasteiger charge is -2.23. The van der Waals surface area contributed by atoms with Crippen LogP contribution < -0.4 is 4.90 Å². The number of nitrogens with zero attached hydrogens (tertiary/aromatic N) is 2. The molecule has 0 saturated carbocycles. The summed E-state index contributed by atoms with van der Waals surface area (Å²) in [6.45, 7) is 3.82. The minimum Gasteiger partial charge on any atom is -0.461 e. The Morgan fingerprint density at radius 1 is 1.07 bits per heavy atom. The first-order chi connectivity index (χ1) is 13.2. The van der Waals surface area contributed by atoms with Crippen molar-refractivity contribution in [1.29, 1.82) is 5.26 Å². The summed E-state index contributed by atoms with van der Waals surface area (Å²) in [5, 5.41) is 9.31. The number of allylic oxidation sites excluding steroid dienone is 1. The summed E-state index contributed by atoms with van der Waals surface area (Å²) in [5.41, 5.74) is 3.19. The second-order valence-electron chi connectivity index (χ2n) is 6.07. The first kappa shape index (κ1) is 18.2. The van der Waals surface area contributed by atoms with Crippen LogP contribution >= 0.6 is 0 Å². The number of rotatable bonds is 7. The summed E-state index contributed by atoms with van der Waals surface area (Å²) in [7, 11) is 0. The molecule has 0 unspecified atom stereocenters. The van der Waals surface area contributed by atoms with Gasteiger partial charge in [0.15, 0.2) is 5.76 Å². The van der Waals surface area contributed by atoms with Crippen LogP contribution in [0.2, 0.25) is 0 Å². The molecule has 0 bridgehead atoms. The first-order valence-corrected chi connectivity index (χ1v) is 8.80.